The molecule has 1 aromatic heterocycles. The second kappa shape index (κ2) is 9.93. The maximum absolute atomic E-state index is 12.9. The van der Waals surface area contributed by atoms with Gasteiger partial charge in [-0.15, -0.1) is 11.3 Å². The van der Waals surface area contributed by atoms with Crippen molar-refractivity contribution in [2.75, 3.05) is 25.5 Å². The number of thiophene rings is 1. The SMILES string of the molecule is CCCN(CCC)S(=O)(=O)c1ccc(C(=O)Nc2sc3c(c2C(=O)OC)CCC3)cc1. The van der Waals surface area contributed by atoms with E-state index in [2.05, 4.69) is 5.32 Å². The summed E-state index contributed by atoms with van der Waals surface area (Å²) in [6.07, 6.45) is 4.13. The second-order valence-electron chi connectivity index (χ2n) is 7.44. The zero-order chi connectivity index (χ0) is 22.6. The summed E-state index contributed by atoms with van der Waals surface area (Å²) in [4.78, 5) is 26.3. The predicted octanol–water partition coefficient (Wildman–Crippen LogP) is 4.09. The fourth-order valence-corrected chi connectivity index (χ4v) is 6.66. The summed E-state index contributed by atoms with van der Waals surface area (Å²) in [5.41, 5.74) is 1.71. The maximum atomic E-state index is 12.9. The molecule has 1 amide bonds. The van der Waals surface area contributed by atoms with Gasteiger partial charge in [0.2, 0.25) is 10.0 Å². The van der Waals surface area contributed by atoms with Gasteiger partial charge in [-0.1, -0.05) is 13.8 Å². The Morgan fingerprint density at radius 2 is 1.74 bits per heavy atom. The number of anilines is 1. The Labute approximate surface area is 187 Å². The first kappa shape index (κ1) is 23.4. The first-order chi connectivity index (χ1) is 14.8. The smallest absolute Gasteiger partial charge is 0.341 e. The van der Waals surface area contributed by atoms with Crippen molar-refractivity contribution in [3.63, 3.8) is 0 Å². The molecule has 0 aliphatic heterocycles. The number of sulfonamides is 1. The van der Waals surface area contributed by atoms with E-state index in [1.165, 1.54) is 47.0 Å². The lowest BCUT2D eigenvalue weighted by Crippen LogP contribution is -2.32. The van der Waals surface area contributed by atoms with Crippen LogP contribution in [0.25, 0.3) is 0 Å². The molecule has 0 unspecified atom stereocenters. The van der Waals surface area contributed by atoms with E-state index in [4.69, 9.17) is 4.74 Å². The van der Waals surface area contributed by atoms with Crippen LogP contribution in [-0.4, -0.2) is 44.8 Å². The van der Waals surface area contributed by atoms with Gasteiger partial charge in [-0.25, -0.2) is 13.2 Å². The van der Waals surface area contributed by atoms with Gasteiger partial charge >= 0.3 is 5.97 Å². The Hall–Kier alpha value is -2.23. The van der Waals surface area contributed by atoms with Crippen molar-refractivity contribution in [2.45, 2.75) is 50.8 Å². The topological polar surface area (TPSA) is 92.8 Å². The van der Waals surface area contributed by atoms with E-state index in [0.29, 0.717) is 29.2 Å². The molecule has 1 aliphatic rings. The van der Waals surface area contributed by atoms with Crippen LogP contribution in [0.15, 0.2) is 29.2 Å². The lowest BCUT2D eigenvalue weighted by molar-refractivity contribution is 0.0601. The lowest BCUT2D eigenvalue weighted by atomic mass is 10.1. The number of fused-ring (bicyclic) bond motifs is 1. The Bertz CT molecular complexity index is 1050. The molecule has 0 atom stereocenters. The molecule has 31 heavy (non-hydrogen) atoms. The Balaban J connectivity index is 1.81. The molecule has 1 heterocycles. The van der Waals surface area contributed by atoms with E-state index in [1.807, 2.05) is 13.8 Å². The van der Waals surface area contributed by atoms with Crippen molar-refractivity contribution in [1.82, 2.24) is 4.31 Å². The monoisotopic (exact) mass is 464 g/mol. The summed E-state index contributed by atoms with van der Waals surface area (Å²) >= 11 is 1.40. The fourth-order valence-electron chi connectivity index (χ4n) is 3.76. The molecule has 7 nitrogen and oxygen atoms in total. The van der Waals surface area contributed by atoms with E-state index in [1.54, 1.807) is 0 Å². The van der Waals surface area contributed by atoms with Crippen molar-refractivity contribution in [2.24, 2.45) is 0 Å². The number of methoxy groups -OCH3 is 1. The molecule has 1 aliphatic carbocycles. The number of benzene rings is 1. The van der Waals surface area contributed by atoms with Gasteiger partial charge < -0.3 is 10.1 Å². The first-order valence-corrected chi connectivity index (χ1v) is 12.7. The number of ether oxygens (including phenoxy) is 1. The van der Waals surface area contributed by atoms with Gasteiger partial charge in [0.15, 0.2) is 0 Å². The zero-order valence-electron chi connectivity index (χ0n) is 18.1. The lowest BCUT2D eigenvalue weighted by Gasteiger charge is -2.21. The highest BCUT2D eigenvalue weighted by Gasteiger charge is 2.28. The normalized spacial score (nSPS) is 13.3. The number of hydrogen-bond acceptors (Lipinski definition) is 6. The molecular formula is C22H28N2O5S2. The van der Waals surface area contributed by atoms with Crippen LogP contribution in [0.3, 0.4) is 0 Å². The summed E-state index contributed by atoms with van der Waals surface area (Å²) in [6.45, 7) is 4.79. The number of nitrogens with zero attached hydrogens (tertiary/aromatic N) is 1. The molecule has 1 N–H and O–H groups in total. The third-order valence-corrected chi connectivity index (χ3v) is 8.36. The zero-order valence-corrected chi connectivity index (χ0v) is 19.7. The predicted molar refractivity (Wildman–Crippen MR) is 121 cm³/mol. The second-order valence-corrected chi connectivity index (χ2v) is 10.5. The van der Waals surface area contributed by atoms with Gasteiger partial charge in [0.1, 0.15) is 5.00 Å². The van der Waals surface area contributed by atoms with Crippen LogP contribution in [0.5, 0.6) is 0 Å². The molecule has 168 valence electrons. The molecule has 1 aromatic carbocycles. The maximum Gasteiger partial charge on any atom is 0.341 e. The number of esters is 1. The average molecular weight is 465 g/mol. The van der Waals surface area contributed by atoms with Crippen LogP contribution < -0.4 is 5.32 Å². The molecule has 3 rings (SSSR count). The number of aryl methyl sites for hydroxylation is 1. The van der Waals surface area contributed by atoms with E-state index in [-0.39, 0.29) is 4.90 Å². The van der Waals surface area contributed by atoms with Gasteiger partial charge in [-0.3, -0.25) is 4.79 Å². The number of carbonyl (C=O) groups is 2. The number of rotatable bonds is 9. The molecule has 0 fully saturated rings. The van der Waals surface area contributed by atoms with E-state index < -0.39 is 21.9 Å². The molecule has 0 spiro atoms. The summed E-state index contributed by atoms with van der Waals surface area (Å²) in [7, 11) is -2.28. The van der Waals surface area contributed by atoms with Crippen LogP contribution in [-0.2, 0) is 27.6 Å². The highest BCUT2D eigenvalue weighted by molar-refractivity contribution is 7.89. The Morgan fingerprint density at radius 1 is 1.10 bits per heavy atom. The van der Waals surface area contributed by atoms with Crippen LogP contribution in [0.4, 0.5) is 5.00 Å². The summed E-state index contributed by atoms with van der Waals surface area (Å²) in [6, 6.07) is 5.91. The Morgan fingerprint density at radius 3 is 2.32 bits per heavy atom. The molecule has 0 saturated carbocycles. The number of nitrogens with one attached hydrogen (secondary N) is 1. The van der Waals surface area contributed by atoms with E-state index in [9.17, 15) is 18.0 Å². The fraction of sp³-hybridized carbons (Fsp3) is 0.455. The minimum Gasteiger partial charge on any atom is -0.465 e. The first-order valence-electron chi connectivity index (χ1n) is 10.5. The summed E-state index contributed by atoms with van der Waals surface area (Å²) in [5.74, 6) is -0.851. The van der Waals surface area contributed by atoms with Crippen LogP contribution in [0.1, 0.15) is 64.3 Å². The average Bonchev–Trinajstić information content (AvgIpc) is 3.34. The molecule has 9 heteroatoms. The van der Waals surface area contributed by atoms with Crippen molar-refractivity contribution >= 4 is 38.2 Å². The quantitative estimate of drug-likeness (QED) is 0.565. The van der Waals surface area contributed by atoms with Crippen LogP contribution in [0.2, 0.25) is 0 Å². The summed E-state index contributed by atoms with van der Waals surface area (Å²) < 4.78 is 32.2. The van der Waals surface area contributed by atoms with Crippen molar-refractivity contribution in [1.29, 1.82) is 0 Å². The standard InChI is InChI=1S/C22H28N2O5S2/c1-4-13-24(14-5-2)31(27,28)16-11-9-15(10-12-16)20(25)23-21-19(22(26)29-3)17-7-6-8-18(17)30-21/h9-12H,4-8,13-14H2,1-3H3,(H,23,25). The molecule has 0 saturated heterocycles. The van der Waals surface area contributed by atoms with Gasteiger partial charge in [-0.2, -0.15) is 4.31 Å². The minimum absolute atomic E-state index is 0.163. The summed E-state index contributed by atoms with van der Waals surface area (Å²) in [5, 5.41) is 3.29. The number of carbonyl (C=O) groups excluding carboxylic acids is 2. The number of amides is 1. The molecule has 0 radical (unpaired) electrons. The highest BCUT2D eigenvalue weighted by Crippen LogP contribution is 2.39. The van der Waals surface area contributed by atoms with Crippen LogP contribution in [0, 0.1) is 0 Å². The van der Waals surface area contributed by atoms with Gasteiger partial charge in [0.25, 0.3) is 5.91 Å². The third kappa shape index (κ3) is 4.83. The van der Waals surface area contributed by atoms with E-state index >= 15 is 0 Å². The third-order valence-electron chi connectivity index (χ3n) is 5.24. The largest absolute Gasteiger partial charge is 0.465 e. The highest BCUT2D eigenvalue weighted by atomic mass is 32.2. The van der Waals surface area contributed by atoms with Crippen molar-refractivity contribution in [3.8, 4) is 0 Å². The van der Waals surface area contributed by atoms with Gasteiger partial charge in [0, 0.05) is 23.5 Å². The van der Waals surface area contributed by atoms with E-state index in [0.717, 1.165) is 42.5 Å². The Kier molecular flexibility index (Phi) is 7.51. The molecular weight excluding hydrogens is 436 g/mol. The molecule has 2 aromatic rings. The van der Waals surface area contributed by atoms with Crippen LogP contribution >= 0.6 is 11.3 Å². The van der Waals surface area contributed by atoms with Crippen molar-refractivity contribution in [3.05, 3.63) is 45.8 Å². The minimum atomic E-state index is -3.60. The van der Waals surface area contributed by atoms with Crippen molar-refractivity contribution < 1.29 is 22.7 Å². The number of hydrogen-bond donors (Lipinski definition) is 1. The molecule has 0 bridgehead atoms. The van der Waals surface area contributed by atoms with Gasteiger partial charge in [0.05, 0.1) is 17.6 Å². The van der Waals surface area contributed by atoms with Gasteiger partial charge in [-0.05, 0) is 61.9 Å².